The second-order valence-electron chi connectivity index (χ2n) is 4.20. The second kappa shape index (κ2) is 2.66. The van der Waals surface area contributed by atoms with Crippen LogP contribution in [0.25, 0.3) is 0 Å². The number of nitrogens with one attached hydrogen (secondary N) is 1. The van der Waals surface area contributed by atoms with Crippen molar-refractivity contribution in [3.05, 3.63) is 0 Å². The molecule has 3 aliphatic rings. The largest absolute Gasteiger partial charge is 0.325 e. The predicted molar refractivity (Wildman–Crippen MR) is 53.1 cm³/mol. The minimum absolute atomic E-state index is 0.0231. The van der Waals surface area contributed by atoms with E-state index in [4.69, 9.17) is 0 Å². The topological polar surface area (TPSA) is 49.4 Å². The minimum atomic E-state index is -0.468. The van der Waals surface area contributed by atoms with Gasteiger partial charge in [-0.3, -0.25) is 9.69 Å². The summed E-state index contributed by atoms with van der Waals surface area (Å²) in [7, 11) is 0. The molecule has 1 spiro atoms. The Bertz CT molecular complexity index is 308. The highest BCUT2D eigenvalue weighted by molar-refractivity contribution is 7.99. The summed E-state index contributed by atoms with van der Waals surface area (Å²) in [6, 6.07) is -0.0209. The molecule has 0 aromatic heterocycles. The molecule has 0 aromatic carbocycles. The van der Waals surface area contributed by atoms with Crippen LogP contribution < -0.4 is 5.32 Å². The van der Waals surface area contributed by atoms with Crippen LogP contribution in [-0.2, 0) is 4.79 Å². The summed E-state index contributed by atoms with van der Waals surface area (Å²) in [4.78, 5) is 25.0. The number of hydrogen-bond donors (Lipinski definition) is 1. The highest BCUT2D eigenvalue weighted by Crippen LogP contribution is 2.42. The van der Waals surface area contributed by atoms with Gasteiger partial charge in [0.15, 0.2) is 0 Å². The van der Waals surface area contributed by atoms with Gasteiger partial charge in [-0.2, -0.15) is 11.8 Å². The molecule has 3 rings (SSSR count). The highest BCUT2D eigenvalue weighted by Gasteiger charge is 2.60. The molecule has 0 bridgehead atoms. The average Bonchev–Trinajstić information content (AvgIpc) is 2.65. The molecule has 2 aliphatic heterocycles. The van der Waals surface area contributed by atoms with E-state index in [1.807, 2.05) is 11.8 Å². The maximum Gasteiger partial charge on any atom is 0.325 e. The minimum Gasteiger partial charge on any atom is -0.323 e. The van der Waals surface area contributed by atoms with Crippen LogP contribution in [0, 0.1) is 0 Å². The lowest BCUT2D eigenvalue weighted by atomic mass is 10.2. The lowest BCUT2D eigenvalue weighted by Crippen LogP contribution is -2.41. The van der Waals surface area contributed by atoms with E-state index < -0.39 is 5.54 Å². The number of amides is 3. The molecule has 1 N–H and O–H groups in total. The Kier molecular flexibility index (Phi) is 1.63. The van der Waals surface area contributed by atoms with E-state index >= 15 is 0 Å². The Morgan fingerprint density at radius 1 is 1.43 bits per heavy atom. The Morgan fingerprint density at radius 2 is 2.21 bits per heavy atom. The summed E-state index contributed by atoms with van der Waals surface area (Å²) in [5.41, 5.74) is -0.468. The Morgan fingerprint density at radius 3 is 2.71 bits per heavy atom. The molecule has 2 heterocycles. The summed E-state index contributed by atoms with van der Waals surface area (Å²) in [5, 5.41) is 2.81. The smallest absolute Gasteiger partial charge is 0.323 e. The standard InChI is InChI=1S/C9H12N2O2S/c12-7-9(2-3-9)10-8(13)11(7)6-1-4-14-5-6/h6H,1-5H2,(H,10,13). The normalized spacial score (nSPS) is 34.0. The molecular weight excluding hydrogens is 200 g/mol. The molecular formula is C9H12N2O2S. The van der Waals surface area contributed by atoms with Crippen LogP contribution in [0.2, 0.25) is 0 Å². The van der Waals surface area contributed by atoms with Crippen molar-refractivity contribution in [3.8, 4) is 0 Å². The summed E-state index contributed by atoms with van der Waals surface area (Å²) >= 11 is 1.82. The van der Waals surface area contributed by atoms with E-state index in [1.54, 1.807) is 0 Å². The fourth-order valence-corrected chi connectivity index (χ4v) is 3.36. The zero-order chi connectivity index (χ0) is 9.76. The number of carbonyl (C=O) groups excluding carboxylic acids is 2. The summed E-state index contributed by atoms with van der Waals surface area (Å²) in [5.74, 6) is 2.00. The van der Waals surface area contributed by atoms with Gasteiger partial charge in [0.1, 0.15) is 5.54 Å². The van der Waals surface area contributed by atoms with Gasteiger partial charge in [0.25, 0.3) is 5.91 Å². The van der Waals surface area contributed by atoms with Crippen molar-refractivity contribution >= 4 is 23.7 Å². The third kappa shape index (κ3) is 1.02. The van der Waals surface area contributed by atoms with Gasteiger partial charge in [-0.15, -0.1) is 0 Å². The maximum absolute atomic E-state index is 11.9. The van der Waals surface area contributed by atoms with Crippen LogP contribution in [0.4, 0.5) is 4.79 Å². The molecule has 5 heteroatoms. The lowest BCUT2D eigenvalue weighted by molar-refractivity contribution is -0.129. The third-order valence-electron chi connectivity index (χ3n) is 3.21. The van der Waals surface area contributed by atoms with Crippen LogP contribution in [0.5, 0.6) is 0 Å². The molecule has 1 aliphatic carbocycles. The number of carbonyl (C=O) groups is 2. The first kappa shape index (κ1) is 8.59. The number of hydrogen-bond acceptors (Lipinski definition) is 3. The summed E-state index contributed by atoms with van der Waals surface area (Å²) in [6.07, 6.45) is 2.61. The second-order valence-corrected chi connectivity index (χ2v) is 5.35. The Balaban J connectivity index is 1.84. The Labute approximate surface area is 86.4 Å². The first-order chi connectivity index (χ1) is 6.73. The molecule has 3 amide bonds. The number of imide groups is 1. The number of rotatable bonds is 1. The molecule has 4 nitrogen and oxygen atoms in total. The van der Waals surface area contributed by atoms with E-state index in [1.165, 1.54) is 4.90 Å². The predicted octanol–water partition coefficient (Wildman–Crippen LogP) is 0.576. The number of thioether (sulfide) groups is 1. The SMILES string of the molecule is O=C1NC2(CC2)C(=O)N1C1CCSC1. The van der Waals surface area contributed by atoms with E-state index in [0.29, 0.717) is 0 Å². The fourth-order valence-electron chi connectivity index (χ4n) is 2.16. The van der Waals surface area contributed by atoms with Crippen LogP contribution in [-0.4, -0.2) is 39.9 Å². The molecule has 14 heavy (non-hydrogen) atoms. The molecule has 76 valence electrons. The zero-order valence-electron chi connectivity index (χ0n) is 7.78. The number of nitrogens with zero attached hydrogens (tertiary/aromatic N) is 1. The van der Waals surface area contributed by atoms with Gasteiger partial charge in [-0.25, -0.2) is 4.79 Å². The van der Waals surface area contributed by atoms with Gasteiger partial charge in [0.05, 0.1) is 6.04 Å². The summed E-state index contributed by atoms with van der Waals surface area (Å²) in [6.45, 7) is 0. The molecule has 0 aromatic rings. The van der Waals surface area contributed by atoms with Crippen molar-refractivity contribution in [2.75, 3.05) is 11.5 Å². The highest BCUT2D eigenvalue weighted by atomic mass is 32.2. The van der Waals surface area contributed by atoms with Gasteiger partial charge >= 0.3 is 6.03 Å². The van der Waals surface area contributed by atoms with Crippen LogP contribution in [0.15, 0.2) is 0 Å². The lowest BCUT2D eigenvalue weighted by Gasteiger charge is -2.19. The molecule has 1 unspecified atom stereocenters. The molecule has 1 saturated carbocycles. The fraction of sp³-hybridized carbons (Fsp3) is 0.778. The van der Waals surface area contributed by atoms with Crippen LogP contribution >= 0.6 is 11.8 Å². The quantitative estimate of drug-likeness (QED) is 0.647. The number of urea groups is 1. The van der Waals surface area contributed by atoms with Crippen molar-refractivity contribution in [3.63, 3.8) is 0 Å². The van der Waals surface area contributed by atoms with E-state index in [-0.39, 0.29) is 18.0 Å². The first-order valence-corrected chi connectivity index (χ1v) is 6.12. The van der Waals surface area contributed by atoms with Crippen LogP contribution in [0.3, 0.4) is 0 Å². The molecule has 1 atom stereocenters. The van der Waals surface area contributed by atoms with E-state index in [2.05, 4.69) is 5.32 Å². The average molecular weight is 212 g/mol. The first-order valence-electron chi connectivity index (χ1n) is 4.96. The van der Waals surface area contributed by atoms with E-state index in [0.717, 1.165) is 30.8 Å². The third-order valence-corrected chi connectivity index (χ3v) is 4.36. The van der Waals surface area contributed by atoms with Crippen molar-refractivity contribution in [2.45, 2.75) is 30.8 Å². The van der Waals surface area contributed by atoms with Crippen molar-refractivity contribution in [1.29, 1.82) is 0 Å². The van der Waals surface area contributed by atoms with Gasteiger partial charge in [-0.05, 0) is 25.0 Å². The van der Waals surface area contributed by atoms with E-state index in [9.17, 15) is 9.59 Å². The van der Waals surface area contributed by atoms with Crippen molar-refractivity contribution < 1.29 is 9.59 Å². The van der Waals surface area contributed by atoms with Gasteiger partial charge in [0.2, 0.25) is 0 Å². The van der Waals surface area contributed by atoms with Crippen molar-refractivity contribution in [2.24, 2.45) is 0 Å². The van der Waals surface area contributed by atoms with Crippen LogP contribution in [0.1, 0.15) is 19.3 Å². The van der Waals surface area contributed by atoms with Gasteiger partial charge < -0.3 is 5.32 Å². The van der Waals surface area contributed by atoms with Gasteiger partial charge in [-0.1, -0.05) is 0 Å². The summed E-state index contributed by atoms with van der Waals surface area (Å²) < 4.78 is 0. The molecule has 0 radical (unpaired) electrons. The van der Waals surface area contributed by atoms with Crippen molar-refractivity contribution in [1.82, 2.24) is 10.2 Å². The maximum atomic E-state index is 11.9. The monoisotopic (exact) mass is 212 g/mol. The van der Waals surface area contributed by atoms with Gasteiger partial charge in [0, 0.05) is 5.75 Å². The zero-order valence-corrected chi connectivity index (χ0v) is 8.60. The Hall–Kier alpha value is -0.710. The molecule has 3 fully saturated rings. The molecule has 2 saturated heterocycles.